The molecule has 26 heavy (non-hydrogen) atoms. The Labute approximate surface area is 168 Å². The summed E-state index contributed by atoms with van der Waals surface area (Å²) < 4.78 is 6.29. The molecule has 1 heterocycles. The van der Waals surface area contributed by atoms with Gasteiger partial charge < -0.3 is 4.74 Å². The van der Waals surface area contributed by atoms with Gasteiger partial charge in [-0.1, -0.05) is 39.8 Å². The Bertz CT molecular complexity index is 896. The number of rotatable bonds is 4. The van der Waals surface area contributed by atoms with Crippen LogP contribution in [0.1, 0.15) is 15.9 Å². The fraction of sp³-hybridized carbons (Fsp3) is 0.0556. The molecule has 1 N–H and O–H groups in total. The molecule has 8 heteroatoms. The molecule has 132 valence electrons. The van der Waals surface area contributed by atoms with Gasteiger partial charge in [0.15, 0.2) is 4.32 Å². The van der Waals surface area contributed by atoms with Crippen molar-refractivity contribution in [1.82, 2.24) is 10.4 Å². The minimum Gasteiger partial charge on any atom is -0.497 e. The second-order valence-corrected chi connectivity index (χ2v) is 7.83. The number of nitrogens with one attached hydrogen (secondary N) is 1. The SMILES string of the molecule is COc1ccc(C(=O)NN2C(=O)C(=Cc3ccc(Br)cc3)SC2=S)cc1. The lowest BCUT2D eigenvalue weighted by atomic mass is 10.2. The summed E-state index contributed by atoms with van der Waals surface area (Å²) in [5.74, 6) is -0.136. The number of hydrazine groups is 1. The Kier molecular flexibility index (Phi) is 5.75. The monoisotopic (exact) mass is 448 g/mol. The van der Waals surface area contributed by atoms with E-state index in [2.05, 4.69) is 21.4 Å². The topological polar surface area (TPSA) is 58.6 Å². The van der Waals surface area contributed by atoms with E-state index >= 15 is 0 Å². The van der Waals surface area contributed by atoms with Crippen LogP contribution in [0.25, 0.3) is 6.08 Å². The number of nitrogens with zero attached hydrogens (tertiary/aromatic N) is 1. The average molecular weight is 449 g/mol. The van der Waals surface area contributed by atoms with Gasteiger partial charge >= 0.3 is 0 Å². The number of halogens is 1. The van der Waals surface area contributed by atoms with E-state index < -0.39 is 5.91 Å². The van der Waals surface area contributed by atoms with Gasteiger partial charge in [-0.3, -0.25) is 15.0 Å². The van der Waals surface area contributed by atoms with Crippen molar-refractivity contribution in [3.05, 3.63) is 69.0 Å². The van der Waals surface area contributed by atoms with E-state index in [1.165, 1.54) is 0 Å². The quantitative estimate of drug-likeness (QED) is 0.565. The first-order valence-corrected chi connectivity index (χ1v) is 9.48. The number of ether oxygens (including phenoxy) is 1. The van der Waals surface area contributed by atoms with Gasteiger partial charge in [-0.15, -0.1) is 0 Å². The van der Waals surface area contributed by atoms with E-state index in [1.807, 2.05) is 24.3 Å². The molecule has 2 aromatic rings. The van der Waals surface area contributed by atoms with Crippen LogP contribution in [0.3, 0.4) is 0 Å². The number of hydrogen-bond donors (Lipinski definition) is 1. The molecule has 5 nitrogen and oxygen atoms in total. The van der Waals surface area contributed by atoms with Gasteiger partial charge in [0.1, 0.15) is 5.75 Å². The Morgan fingerprint density at radius 1 is 1.19 bits per heavy atom. The zero-order valence-electron chi connectivity index (χ0n) is 13.6. The van der Waals surface area contributed by atoms with E-state index in [0.717, 1.165) is 26.8 Å². The molecule has 1 aliphatic rings. The van der Waals surface area contributed by atoms with Crippen LogP contribution in [0.15, 0.2) is 57.9 Å². The maximum absolute atomic E-state index is 12.6. The molecule has 0 bridgehead atoms. The van der Waals surface area contributed by atoms with Crippen molar-refractivity contribution in [3.63, 3.8) is 0 Å². The number of amides is 2. The first-order chi connectivity index (χ1) is 12.5. The minimum absolute atomic E-state index is 0.278. The second-order valence-electron chi connectivity index (χ2n) is 5.24. The van der Waals surface area contributed by atoms with Crippen LogP contribution in [0, 0.1) is 0 Å². The highest BCUT2D eigenvalue weighted by Gasteiger charge is 2.33. The zero-order chi connectivity index (χ0) is 18.7. The van der Waals surface area contributed by atoms with E-state index in [1.54, 1.807) is 37.5 Å². The van der Waals surface area contributed by atoms with E-state index in [4.69, 9.17) is 17.0 Å². The standard InChI is InChI=1S/C18H13BrN2O3S2/c1-24-14-8-4-12(5-9-14)16(22)20-21-17(23)15(26-18(21)25)10-11-2-6-13(19)7-3-11/h2-10H,1H3,(H,20,22). The summed E-state index contributed by atoms with van der Waals surface area (Å²) in [5.41, 5.74) is 3.82. The zero-order valence-corrected chi connectivity index (χ0v) is 16.8. The Morgan fingerprint density at radius 2 is 1.85 bits per heavy atom. The number of methoxy groups -OCH3 is 1. The smallest absolute Gasteiger partial charge is 0.285 e. The molecule has 0 atom stereocenters. The Hall–Kier alpha value is -2.16. The molecule has 0 spiro atoms. The number of carbonyl (C=O) groups excluding carboxylic acids is 2. The molecule has 0 aliphatic carbocycles. The second kappa shape index (κ2) is 8.03. The van der Waals surface area contributed by atoms with Gasteiger partial charge in [-0.05, 0) is 60.3 Å². The third kappa shape index (κ3) is 4.14. The van der Waals surface area contributed by atoms with Crippen LogP contribution in [0.4, 0.5) is 0 Å². The summed E-state index contributed by atoms with van der Waals surface area (Å²) >= 11 is 9.74. The Morgan fingerprint density at radius 3 is 2.46 bits per heavy atom. The largest absolute Gasteiger partial charge is 0.497 e. The van der Waals surface area contributed by atoms with E-state index in [9.17, 15) is 9.59 Å². The fourth-order valence-electron chi connectivity index (χ4n) is 2.18. The van der Waals surface area contributed by atoms with Crippen LogP contribution in [-0.4, -0.2) is 28.3 Å². The molecule has 0 unspecified atom stereocenters. The molecular weight excluding hydrogens is 436 g/mol. The Balaban J connectivity index is 1.74. The fourth-order valence-corrected chi connectivity index (χ4v) is 3.63. The number of carbonyl (C=O) groups is 2. The molecule has 2 amide bonds. The lowest BCUT2D eigenvalue weighted by Gasteiger charge is -2.15. The van der Waals surface area contributed by atoms with Crippen LogP contribution in [-0.2, 0) is 4.79 Å². The highest BCUT2D eigenvalue weighted by atomic mass is 79.9. The molecule has 1 aliphatic heterocycles. The third-order valence-electron chi connectivity index (χ3n) is 3.53. The van der Waals surface area contributed by atoms with Gasteiger partial charge in [0.05, 0.1) is 12.0 Å². The molecule has 0 saturated carbocycles. The van der Waals surface area contributed by atoms with E-state index in [0.29, 0.717) is 16.2 Å². The number of hydrogen-bond acceptors (Lipinski definition) is 5. The van der Waals surface area contributed by atoms with Crippen LogP contribution < -0.4 is 10.2 Å². The van der Waals surface area contributed by atoms with Crippen LogP contribution in [0.2, 0.25) is 0 Å². The summed E-state index contributed by atoms with van der Waals surface area (Å²) in [6, 6.07) is 14.1. The maximum Gasteiger partial charge on any atom is 0.285 e. The number of thioether (sulfide) groups is 1. The van der Waals surface area contributed by atoms with Crippen molar-refractivity contribution in [2.45, 2.75) is 0 Å². The predicted molar refractivity (Wildman–Crippen MR) is 110 cm³/mol. The lowest BCUT2D eigenvalue weighted by Crippen LogP contribution is -2.44. The summed E-state index contributed by atoms with van der Waals surface area (Å²) in [6.45, 7) is 0. The lowest BCUT2D eigenvalue weighted by molar-refractivity contribution is -0.123. The minimum atomic E-state index is -0.422. The van der Waals surface area contributed by atoms with Crippen molar-refractivity contribution >= 4 is 62.1 Å². The molecule has 1 fully saturated rings. The molecule has 1 saturated heterocycles. The van der Waals surface area contributed by atoms with Crippen molar-refractivity contribution in [3.8, 4) is 5.75 Å². The van der Waals surface area contributed by atoms with Crippen molar-refractivity contribution < 1.29 is 14.3 Å². The first kappa shape index (κ1) is 18.6. The summed E-state index contributed by atoms with van der Waals surface area (Å²) in [7, 11) is 1.55. The van der Waals surface area contributed by atoms with Crippen molar-refractivity contribution in [1.29, 1.82) is 0 Å². The molecule has 0 radical (unpaired) electrons. The van der Waals surface area contributed by atoms with E-state index in [-0.39, 0.29) is 10.2 Å². The van der Waals surface area contributed by atoms with Gasteiger partial charge in [0, 0.05) is 10.0 Å². The van der Waals surface area contributed by atoms with Crippen molar-refractivity contribution in [2.75, 3.05) is 7.11 Å². The van der Waals surface area contributed by atoms with Crippen molar-refractivity contribution in [2.24, 2.45) is 0 Å². The molecular formula is C18H13BrN2O3S2. The summed E-state index contributed by atoms with van der Waals surface area (Å²) in [5, 5.41) is 1.09. The van der Waals surface area contributed by atoms with Gasteiger partial charge in [0.2, 0.25) is 0 Å². The summed E-state index contributed by atoms with van der Waals surface area (Å²) in [6.07, 6.45) is 1.74. The number of thiocarbonyl (C=S) groups is 1. The average Bonchev–Trinajstić information content (AvgIpc) is 2.91. The normalized spacial score (nSPS) is 15.5. The molecule has 0 aromatic heterocycles. The molecule has 2 aromatic carbocycles. The highest BCUT2D eigenvalue weighted by molar-refractivity contribution is 9.10. The van der Waals surface area contributed by atoms with Gasteiger partial charge in [-0.25, -0.2) is 0 Å². The molecule has 3 rings (SSSR count). The maximum atomic E-state index is 12.6. The van der Waals surface area contributed by atoms with Crippen LogP contribution >= 0.6 is 39.9 Å². The first-order valence-electron chi connectivity index (χ1n) is 7.46. The third-order valence-corrected chi connectivity index (χ3v) is 5.36. The van der Waals surface area contributed by atoms with Gasteiger partial charge in [-0.2, -0.15) is 5.01 Å². The van der Waals surface area contributed by atoms with Gasteiger partial charge in [0.25, 0.3) is 11.8 Å². The number of benzene rings is 2. The highest BCUT2D eigenvalue weighted by Crippen LogP contribution is 2.31. The van der Waals surface area contributed by atoms with Crippen LogP contribution in [0.5, 0.6) is 5.75 Å². The summed E-state index contributed by atoms with van der Waals surface area (Å²) in [4.78, 5) is 25.4. The predicted octanol–water partition coefficient (Wildman–Crippen LogP) is 4.00.